The summed E-state index contributed by atoms with van der Waals surface area (Å²) in [6.45, 7) is 9.59. The average Bonchev–Trinajstić information content (AvgIpc) is 2.95. The monoisotopic (exact) mass is 595 g/mol. The van der Waals surface area contributed by atoms with Gasteiger partial charge in [-0.3, -0.25) is 4.48 Å². The third-order valence-electron chi connectivity index (χ3n) is 8.97. The summed E-state index contributed by atoms with van der Waals surface area (Å²) in [5.74, 6) is -3.55. The number of carboxylic acid groups (broad SMARTS) is 3. The number of hydrogen-bond donors (Lipinski definition) is 2. The van der Waals surface area contributed by atoms with Gasteiger partial charge in [0.2, 0.25) is 0 Å². The van der Waals surface area contributed by atoms with Crippen LogP contribution in [0.2, 0.25) is 0 Å². The lowest BCUT2D eigenvalue weighted by atomic mass is 9.91. The van der Waals surface area contributed by atoms with E-state index in [9.17, 15) is 29.7 Å². The first-order valence-electron chi connectivity index (χ1n) is 17.4. The highest BCUT2D eigenvalue weighted by molar-refractivity contribution is 5.77. The average molecular weight is 596 g/mol. The number of quaternary nitrogens is 1. The molecule has 2 N–H and O–H groups in total. The minimum absolute atomic E-state index is 0.208. The second-order valence-electron chi connectivity index (χ2n) is 12.4. The van der Waals surface area contributed by atoms with Gasteiger partial charge in [-0.05, 0) is 38.5 Å². The summed E-state index contributed by atoms with van der Waals surface area (Å²) in [4.78, 5) is 37.6. The summed E-state index contributed by atoms with van der Waals surface area (Å²) in [7, 11) is 0. The maximum atomic E-state index is 12.6. The molecule has 0 aromatic heterocycles. The van der Waals surface area contributed by atoms with E-state index in [0.29, 0.717) is 25.7 Å². The zero-order chi connectivity index (χ0) is 31.6. The molecule has 0 aliphatic rings. The molecule has 0 heterocycles. The zero-order valence-electron chi connectivity index (χ0n) is 27.5. The first kappa shape index (κ1) is 40.1. The van der Waals surface area contributed by atoms with E-state index in [0.717, 1.165) is 25.7 Å². The molecule has 0 aliphatic heterocycles. The molecule has 7 nitrogen and oxygen atoms in total. The summed E-state index contributed by atoms with van der Waals surface area (Å²) in [6, 6.07) is -3.32. The SMILES string of the molecule is C=CCCCCCCCCCCCCCCCCCC[N+](C(CCC)C(=O)[O-])(C(CCC)C(=O)O)C(CCC)C(=O)O. The van der Waals surface area contributed by atoms with Crippen LogP contribution in [0.4, 0.5) is 0 Å². The molecule has 0 fully saturated rings. The Bertz CT molecular complexity index is 664. The van der Waals surface area contributed by atoms with Gasteiger partial charge in [0.05, 0.1) is 12.5 Å². The van der Waals surface area contributed by atoms with Crippen LogP contribution in [0, 0.1) is 0 Å². The van der Waals surface area contributed by atoms with Gasteiger partial charge in [-0.25, -0.2) is 9.59 Å². The van der Waals surface area contributed by atoms with Crippen molar-refractivity contribution in [3.63, 3.8) is 0 Å². The number of carboxylic acids is 3. The Balaban J connectivity index is 4.86. The topological polar surface area (TPSA) is 115 Å². The van der Waals surface area contributed by atoms with Crippen molar-refractivity contribution >= 4 is 17.9 Å². The molecule has 0 aromatic rings. The number of allylic oxidation sites excluding steroid dienone is 1. The van der Waals surface area contributed by atoms with E-state index in [4.69, 9.17) is 0 Å². The minimum atomic E-state index is -1.33. The molecule has 0 amide bonds. The number of carbonyl (C=O) groups excluding carboxylic acids is 1. The van der Waals surface area contributed by atoms with Crippen molar-refractivity contribution in [3.8, 4) is 0 Å². The highest BCUT2D eigenvalue weighted by atomic mass is 16.4. The van der Waals surface area contributed by atoms with Crippen molar-refractivity contribution < 1.29 is 34.2 Å². The number of aliphatic carboxylic acids is 3. The highest BCUT2D eigenvalue weighted by Gasteiger charge is 2.54. The van der Waals surface area contributed by atoms with Crippen molar-refractivity contribution in [1.29, 1.82) is 0 Å². The number of unbranched alkanes of at least 4 members (excludes halogenated alkanes) is 16. The molecule has 0 saturated carbocycles. The molecule has 3 unspecified atom stereocenters. The summed E-state index contributed by atoms with van der Waals surface area (Å²) in [5.41, 5.74) is 0. The van der Waals surface area contributed by atoms with E-state index in [2.05, 4.69) is 6.58 Å². The Morgan fingerprint density at radius 1 is 0.595 bits per heavy atom. The molecule has 3 atom stereocenters. The summed E-state index contributed by atoms with van der Waals surface area (Å²) < 4.78 is -0.433. The third kappa shape index (κ3) is 15.5. The van der Waals surface area contributed by atoms with Crippen molar-refractivity contribution in [2.75, 3.05) is 6.54 Å². The molecule has 42 heavy (non-hydrogen) atoms. The predicted molar refractivity (Wildman–Crippen MR) is 170 cm³/mol. The van der Waals surface area contributed by atoms with Crippen LogP contribution in [0.25, 0.3) is 0 Å². The van der Waals surface area contributed by atoms with Gasteiger partial charge in [0.25, 0.3) is 0 Å². The summed E-state index contributed by atoms with van der Waals surface area (Å²) in [5, 5.41) is 33.0. The van der Waals surface area contributed by atoms with Gasteiger partial charge in [-0.1, -0.05) is 117 Å². The van der Waals surface area contributed by atoms with Crippen LogP contribution in [0.1, 0.15) is 168 Å². The maximum Gasteiger partial charge on any atom is 0.362 e. The van der Waals surface area contributed by atoms with Gasteiger partial charge < -0.3 is 20.1 Å². The molecule has 0 saturated heterocycles. The number of hydrogen-bond acceptors (Lipinski definition) is 4. The largest absolute Gasteiger partial charge is 0.544 e. The van der Waals surface area contributed by atoms with Crippen LogP contribution in [0.3, 0.4) is 0 Å². The lowest BCUT2D eigenvalue weighted by Gasteiger charge is -2.52. The van der Waals surface area contributed by atoms with E-state index in [1.165, 1.54) is 77.0 Å². The van der Waals surface area contributed by atoms with E-state index in [1.54, 1.807) is 0 Å². The molecule has 7 heteroatoms. The second kappa shape index (κ2) is 25.6. The molecular formula is C35H65NO6. The molecule has 0 bridgehead atoms. The smallest absolute Gasteiger partial charge is 0.362 e. The maximum absolute atomic E-state index is 12.6. The van der Waals surface area contributed by atoms with Gasteiger partial charge in [-0.2, -0.15) is 0 Å². The van der Waals surface area contributed by atoms with Crippen LogP contribution in [-0.4, -0.2) is 57.3 Å². The zero-order valence-corrected chi connectivity index (χ0v) is 27.5. The molecular weight excluding hydrogens is 530 g/mol. The normalized spacial score (nSPS) is 15.0. The number of nitrogens with zero attached hydrogens (tertiary/aromatic N) is 1. The Hall–Kier alpha value is -1.89. The van der Waals surface area contributed by atoms with E-state index >= 15 is 0 Å². The van der Waals surface area contributed by atoms with E-state index < -0.39 is 40.5 Å². The fourth-order valence-corrected chi connectivity index (χ4v) is 6.78. The minimum Gasteiger partial charge on any atom is -0.544 e. The Labute approximate surface area is 257 Å². The standard InChI is InChI=1S/C35H65NO6/c1-5-9-10-11-12-13-14-15-16-17-18-19-20-21-22-23-24-25-29-36(30(26-6-2)33(37)38,31(27-7-3)34(39)40)32(28-8-4)35(41)42/h5,30-32H,1,6-29H2,2-4H3,(H2-,37,38,39,40,41,42). The molecule has 0 aromatic carbocycles. The van der Waals surface area contributed by atoms with Gasteiger partial charge >= 0.3 is 11.9 Å². The van der Waals surface area contributed by atoms with Crippen LogP contribution in [0.5, 0.6) is 0 Å². The number of rotatable bonds is 31. The van der Waals surface area contributed by atoms with Crippen molar-refractivity contribution in [2.45, 2.75) is 187 Å². The van der Waals surface area contributed by atoms with Crippen molar-refractivity contribution in [3.05, 3.63) is 12.7 Å². The van der Waals surface area contributed by atoms with Gasteiger partial charge in [0.15, 0.2) is 12.1 Å². The van der Waals surface area contributed by atoms with Gasteiger partial charge in [-0.15, -0.1) is 6.58 Å². The Kier molecular flexibility index (Phi) is 24.4. The third-order valence-corrected chi connectivity index (χ3v) is 8.97. The van der Waals surface area contributed by atoms with E-state index in [-0.39, 0.29) is 25.8 Å². The summed E-state index contributed by atoms with van der Waals surface area (Å²) >= 11 is 0. The quantitative estimate of drug-likeness (QED) is 0.0476. The summed E-state index contributed by atoms with van der Waals surface area (Å²) in [6.07, 6.45) is 24.6. The first-order valence-corrected chi connectivity index (χ1v) is 17.4. The fraction of sp³-hybridized carbons (Fsp3) is 0.857. The lowest BCUT2D eigenvalue weighted by molar-refractivity contribution is -0.975. The lowest BCUT2D eigenvalue weighted by Crippen LogP contribution is -2.74. The fourth-order valence-electron chi connectivity index (χ4n) is 6.78. The molecule has 0 spiro atoms. The first-order chi connectivity index (χ1) is 20.2. The Morgan fingerprint density at radius 2 is 0.905 bits per heavy atom. The second-order valence-corrected chi connectivity index (χ2v) is 12.4. The van der Waals surface area contributed by atoms with Crippen molar-refractivity contribution in [2.24, 2.45) is 0 Å². The van der Waals surface area contributed by atoms with Gasteiger partial charge in [0.1, 0.15) is 6.04 Å². The van der Waals surface area contributed by atoms with Crippen LogP contribution < -0.4 is 5.11 Å². The molecule has 0 radical (unpaired) electrons. The highest BCUT2D eigenvalue weighted by Crippen LogP contribution is 2.34. The number of carbonyl (C=O) groups is 3. The van der Waals surface area contributed by atoms with Crippen LogP contribution in [0.15, 0.2) is 12.7 Å². The Morgan fingerprint density at radius 3 is 1.19 bits per heavy atom. The van der Waals surface area contributed by atoms with E-state index in [1.807, 2.05) is 26.8 Å². The molecule has 246 valence electrons. The molecule has 0 rings (SSSR count). The predicted octanol–water partition coefficient (Wildman–Crippen LogP) is 8.05. The van der Waals surface area contributed by atoms with Crippen LogP contribution in [-0.2, 0) is 14.4 Å². The molecule has 0 aliphatic carbocycles. The van der Waals surface area contributed by atoms with Gasteiger partial charge in [0, 0.05) is 19.3 Å². The van der Waals surface area contributed by atoms with Crippen LogP contribution >= 0.6 is 0 Å². The van der Waals surface area contributed by atoms with Crippen molar-refractivity contribution in [1.82, 2.24) is 0 Å².